The number of rotatable bonds is 5. The van der Waals surface area contributed by atoms with Gasteiger partial charge in [-0.25, -0.2) is 0 Å². The first-order valence-corrected chi connectivity index (χ1v) is 4.75. The first kappa shape index (κ1) is 10.6. The van der Waals surface area contributed by atoms with Gasteiger partial charge < -0.3 is 10.2 Å². The molecule has 0 aromatic rings. The molecule has 0 aromatic carbocycles. The minimum atomic E-state index is 0.0132. The molecule has 0 bridgehead atoms. The highest BCUT2D eigenvalue weighted by atomic mass is 16.2. The van der Waals surface area contributed by atoms with Gasteiger partial charge in [-0.15, -0.1) is 0 Å². The fraction of sp³-hybridized carbons (Fsp3) is 0.364. The second-order valence-corrected chi connectivity index (χ2v) is 3.20. The Morgan fingerprint density at radius 1 is 1.57 bits per heavy atom. The molecule has 3 heteroatoms. The third-order valence-corrected chi connectivity index (χ3v) is 2.09. The van der Waals surface area contributed by atoms with Crippen LogP contribution in [0.5, 0.6) is 0 Å². The van der Waals surface area contributed by atoms with Gasteiger partial charge in [0.2, 0.25) is 0 Å². The topological polar surface area (TPSA) is 32.3 Å². The average Bonchev–Trinajstić information content (AvgIpc) is 2.44. The minimum absolute atomic E-state index is 0.0132. The molecule has 0 unspecified atom stereocenters. The van der Waals surface area contributed by atoms with E-state index in [1.807, 2.05) is 6.92 Å². The summed E-state index contributed by atoms with van der Waals surface area (Å²) in [5.41, 5.74) is 1.72. The van der Waals surface area contributed by atoms with E-state index in [1.54, 1.807) is 17.1 Å². The Bertz CT molecular complexity index is 274. The van der Waals surface area contributed by atoms with Crippen molar-refractivity contribution < 1.29 is 4.79 Å². The van der Waals surface area contributed by atoms with E-state index in [4.69, 9.17) is 0 Å². The molecule has 1 rings (SSSR count). The van der Waals surface area contributed by atoms with Crippen LogP contribution in [0.1, 0.15) is 13.3 Å². The Hall–Kier alpha value is -1.51. The zero-order valence-corrected chi connectivity index (χ0v) is 8.55. The SMILES string of the molecule is C=C(CCN1C(=C)C=CC1=O)NCC. The summed E-state index contributed by atoms with van der Waals surface area (Å²) in [5, 5.41) is 3.12. The Morgan fingerprint density at radius 3 is 2.79 bits per heavy atom. The number of carbonyl (C=O) groups excluding carboxylic acids is 1. The van der Waals surface area contributed by atoms with E-state index in [-0.39, 0.29) is 5.91 Å². The monoisotopic (exact) mass is 192 g/mol. The normalized spacial score (nSPS) is 15.1. The average molecular weight is 192 g/mol. The van der Waals surface area contributed by atoms with Crippen LogP contribution in [0.15, 0.2) is 36.7 Å². The van der Waals surface area contributed by atoms with Crippen molar-refractivity contribution in [3.63, 3.8) is 0 Å². The number of amides is 1. The van der Waals surface area contributed by atoms with E-state index in [2.05, 4.69) is 18.5 Å². The summed E-state index contributed by atoms with van der Waals surface area (Å²) in [5.74, 6) is 0.0132. The molecule has 0 atom stereocenters. The van der Waals surface area contributed by atoms with Crippen molar-refractivity contribution in [2.75, 3.05) is 13.1 Å². The summed E-state index contributed by atoms with van der Waals surface area (Å²) in [6.07, 6.45) is 4.04. The number of hydrogen-bond donors (Lipinski definition) is 1. The highest BCUT2D eigenvalue weighted by Gasteiger charge is 2.17. The quantitative estimate of drug-likeness (QED) is 0.714. The largest absolute Gasteiger partial charge is 0.389 e. The van der Waals surface area contributed by atoms with Gasteiger partial charge in [0.05, 0.1) is 0 Å². The van der Waals surface area contributed by atoms with E-state index in [0.29, 0.717) is 6.54 Å². The minimum Gasteiger partial charge on any atom is -0.389 e. The van der Waals surface area contributed by atoms with Crippen LogP contribution in [0.2, 0.25) is 0 Å². The highest BCUT2D eigenvalue weighted by molar-refractivity contribution is 5.92. The number of nitrogens with zero attached hydrogens (tertiary/aromatic N) is 1. The number of carbonyl (C=O) groups is 1. The highest BCUT2D eigenvalue weighted by Crippen LogP contribution is 2.13. The van der Waals surface area contributed by atoms with Crippen LogP contribution in [0.25, 0.3) is 0 Å². The van der Waals surface area contributed by atoms with Gasteiger partial charge in [0.1, 0.15) is 0 Å². The van der Waals surface area contributed by atoms with Crippen molar-refractivity contribution in [2.45, 2.75) is 13.3 Å². The van der Waals surface area contributed by atoms with E-state index >= 15 is 0 Å². The molecule has 1 heterocycles. The zero-order chi connectivity index (χ0) is 10.6. The van der Waals surface area contributed by atoms with Crippen LogP contribution in [0.4, 0.5) is 0 Å². The standard InChI is InChI=1S/C11H16N2O/c1-4-12-9(2)7-8-13-10(3)5-6-11(13)14/h5-6,12H,2-4,7-8H2,1H3. The van der Waals surface area contributed by atoms with Crippen molar-refractivity contribution in [1.82, 2.24) is 10.2 Å². The molecule has 0 aliphatic carbocycles. The summed E-state index contributed by atoms with van der Waals surface area (Å²) in [7, 11) is 0. The Labute approximate surface area is 84.8 Å². The maximum atomic E-state index is 11.3. The number of hydrogen-bond acceptors (Lipinski definition) is 2. The van der Waals surface area contributed by atoms with E-state index in [0.717, 1.165) is 24.4 Å². The van der Waals surface area contributed by atoms with Crippen LogP contribution in [-0.2, 0) is 4.79 Å². The molecule has 0 spiro atoms. The Kier molecular flexibility index (Phi) is 3.51. The van der Waals surface area contributed by atoms with Crippen LogP contribution in [0, 0.1) is 0 Å². The smallest absolute Gasteiger partial charge is 0.251 e. The second kappa shape index (κ2) is 4.65. The zero-order valence-electron chi connectivity index (χ0n) is 8.55. The lowest BCUT2D eigenvalue weighted by atomic mass is 10.3. The molecular weight excluding hydrogens is 176 g/mol. The lowest BCUT2D eigenvalue weighted by molar-refractivity contribution is -0.123. The van der Waals surface area contributed by atoms with E-state index < -0.39 is 0 Å². The van der Waals surface area contributed by atoms with Crippen molar-refractivity contribution in [2.24, 2.45) is 0 Å². The fourth-order valence-electron chi connectivity index (χ4n) is 1.33. The molecule has 0 aromatic heterocycles. The molecule has 0 saturated heterocycles. The predicted octanol–water partition coefficient (Wildman–Crippen LogP) is 1.41. The van der Waals surface area contributed by atoms with Crippen molar-refractivity contribution in [1.29, 1.82) is 0 Å². The summed E-state index contributed by atoms with van der Waals surface area (Å²) in [4.78, 5) is 12.9. The van der Waals surface area contributed by atoms with Gasteiger partial charge in [0.25, 0.3) is 5.91 Å². The molecule has 1 aliphatic rings. The van der Waals surface area contributed by atoms with Crippen molar-refractivity contribution >= 4 is 5.91 Å². The van der Waals surface area contributed by atoms with Gasteiger partial charge in [-0.2, -0.15) is 0 Å². The summed E-state index contributed by atoms with van der Waals surface area (Å²) >= 11 is 0. The summed E-state index contributed by atoms with van der Waals surface area (Å²) in [6, 6.07) is 0. The molecule has 1 aliphatic heterocycles. The molecular formula is C11H16N2O. The van der Waals surface area contributed by atoms with Gasteiger partial charge in [-0.05, 0) is 13.0 Å². The molecule has 76 valence electrons. The Balaban J connectivity index is 2.35. The first-order chi connectivity index (χ1) is 6.65. The Morgan fingerprint density at radius 2 is 2.29 bits per heavy atom. The van der Waals surface area contributed by atoms with Gasteiger partial charge in [0, 0.05) is 37.0 Å². The van der Waals surface area contributed by atoms with E-state index in [9.17, 15) is 4.79 Å². The summed E-state index contributed by atoms with van der Waals surface area (Å²) < 4.78 is 0. The third kappa shape index (κ3) is 2.49. The lowest BCUT2D eigenvalue weighted by Crippen LogP contribution is -2.26. The first-order valence-electron chi connectivity index (χ1n) is 4.75. The van der Waals surface area contributed by atoms with Crippen LogP contribution in [-0.4, -0.2) is 23.9 Å². The second-order valence-electron chi connectivity index (χ2n) is 3.20. The third-order valence-electron chi connectivity index (χ3n) is 2.09. The van der Waals surface area contributed by atoms with Crippen LogP contribution < -0.4 is 5.32 Å². The van der Waals surface area contributed by atoms with Crippen LogP contribution >= 0.6 is 0 Å². The van der Waals surface area contributed by atoms with Crippen molar-refractivity contribution in [3.05, 3.63) is 36.7 Å². The van der Waals surface area contributed by atoms with Gasteiger partial charge in [-0.3, -0.25) is 4.79 Å². The maximum absolute atomic E-state index is 11.3. The molecule has 0 saturated carbocycles. The molecule has 3 nitrogen and oxygen atoms in total. The van der Waals surface area contributed by atoms with Crippen molar-refractivity contribution in [3.8, 4) is 0 Å². The van der Waals surface area contributed by atoms with Gasteiger partial charge in [-0.1, -0.05) is 13.2 Å². The van der Waals surface area contributed by atoms with Crippen LogP contribution in [0.3, 0.4) is 0 Å². The number of allylic oxidation sites excluding steroid dienone is 1. The van der Waals surface area contributed by atoms with Gasteiger partial charge >= 0.3 is 0 Å². The molecule has 0 radical (unpaired) electrons. The summed E-state index contributed by atoms with van der Waals surface area (Å²) in [6.45, 7) is 11.2. The number of nitrogens with one attached hydrogen (secondary N) is 1. The maximum Gasteiger partial charge on any atom is 0.251 e. The molecule has 1 N–H and O–H groups in total. The van der Waals surface area contributed by atoms with Gasteiger partial charge in [0.15, 0.2) is 0 Å². The predicted molar refractivity (Wildman–Crippen MR) is 57.4 cm³/mol. The fourth-order valence-corrected chi connectivity index (χ4v) is 1.33. The molecule has 1 amide bonds. The van der Waals surface area contributed by atoms with E-state index in [1.165, 1.54) is 0 Å². The molecule has 14 heavy (non-hydrogen) atoms. The lowest BCUT2D eigenvalue weighted by Gasteiger charge is -2.17. The molecule has 0 fully saturated rings.